The van der Waals surface area contributed by atoms with Gasteiger partial charge in [0.05, 0.1) is 5.02 Å². The molecule has 2 nitrogen and oxygen atoms in total. The van der Waals surface area contributed by atoms with E-state index >= 15 is 0 Å². The molecule has 0 saturated heterocycles. The Hall–Kier alpha value is -1.09. The van der Waals surface area contributed by atoms with Crippen molar-refractivity contribution in [1.29, 1.82) is 5.41 Å². The third-order valence-electron chi connectivity index (χ3n) is 1.23. The highest BCUT2D eigenvalue weighted by molar-refractivity contribution is 6.30. The normalized spacial score (nSPS) is 9.64. The zero-order valence-electron chi connectivity index (χ0n) is 5.57. The molecular weight excluding hydrogens is 167 g/mol. The van der Waals surface area contributed by atoms with E-state index in [1.165, 1.54) is 12.1 Å². The average molecular weight is 173 g/mol. The summed E-state index contributed by atoms with van der Waals surface area (Å²) < 4.78 is 12.7. The maximum absolute atomic E-state index is 12.7. The van der Waals surface area contributed by atoms with Crippen molar-refractivity contribution in [2.45, 2.75) is 0 Å². The molecule has 0 heterocycles. The number of hydrogen-bond acceptors (Lipinski definition) is 1. The van der Waals surface area contributed by atoms with Crippen molar-refractivity contribution in [2.24, 2.45) is 5.73 Å². The van der Waals surface area contributed by atoms with Crippen molar-refractivity contribution < 1.29 is 4.39 Å². The van der Waals surface area contributed by atoms with Crippen LogP contribution in [0, 0.1) is 11.2 Å². The molecule has 0 fully saturated rings. The van der Waals surface area contributed by atoms with Gasteiger partial charge in [-0.15, -0.1) is 0 Å². The van der Waals surface area contributed by atoms with Gasteiger partial charge in [-0.05, 0) is 18.2 Å². The molecule has 0 aliphatic rings. The predicted molar refractivity (Wildman–Crippen MR) is 42.4 cm³/mol. The van der Waals surface area contributed by atoms with Gasteiger partial charge in [-0.3, -0.25) is 5.41 Å². The minimum Gasteiger partial charge on any atom is -0.384 e. The molecule has 0 saturated carbocycles. The molecule has 0 bridgehead atoms. The fourth-order valence-corrected chi connectivity index (χ4v) is 0.781. The zero-order valence-corrected chi connectivity index (χ0v) is 6.32. The standard InChI is InChI=1S/C7H6ClFN2/c8-5-2-1-4(7(10)11)3-6(5)9/h1-3H,(H3,10,11). The fraction of sp³-hybridized carbons (Fsp3) is 0. The van der Waals surface area contributed by atoms with Gasteiger partial charge in [-0.1, -0.05) is 11.6 Å². The van der Waals surface area contributed by atoms with Crippen LogP contribution in [0.2, 0.25) is 5.02 Å². The summed E-state index contributed by atoms with van der Waals surface area (Å²) in [6.45, 7) is 0. The summed E-state index contributed by atoms with van der Waals surface area (Å²) in [5, 5.41) is 7.01. The van der Waals surface area contributed by atoms with Gasteiger partial charge in [0.25, 0.3) is 0 Å². The van der Waals surface area contributed by atoms with Crippen molar-refractivity contribution in [1.82, 2.24) is 0 Å². The monoisotopic (exact) mass is 172 g/mol. The van der Waals surface area contributed by atoms with E-state index in [-0.39, 0.29) is 10.9 Å². The molecule has 0 radical (unpaired) electrons. The van der Waals surface area contributed by atoms with Crippen LogP contribution in [0.4, 0.5) is 4.39 Å². The molecule has 1 aromatic carbocycles. The van der Waals surface area contributed by atoms with Crippen LogP contribution in [0.15, 0.2) is 18.2 Å². The highest BCUT2D eigenvalue weighted by atomic mass is 35.5. The molecule has 4 heteroatoms. The number of amidine groups is 1. The van der Waals surface area contributed by atoms with E-state index in [1.54, 1.807) is 0 Å². The highest BCUT2D eigenvalue weighted by Gasteiger charge is 2.01. The topological polar surface area (TPSA) is 49.9 Å². The third kappa shape index (κ3) is 1.68. The Balaban J connectivity index is 3.15. The summed E-state index contributed by atoms with van der Waals surface area (Å²) in [5.74, 6) is -0.722. The molecular formula is C7H6ClFN2. The number of nitrogens with one attached hydrogen (secondary N) is 1. The van der Waals surface area contributed by atoms with Crippen LogP contribution in [0.5, 0.6) is 0 Å². The quantitative estimate of drug-likeness (QED) is 0.492. The van der Waals surface area contributed by atoms with Crippen LogP contribution in [0.1, 0.15) is 5.56 Å². The third-order valence-corrected chi connectivity index (χ3v) is 1.54. The van der Waals surface area contributed by atoms with Crippen LogP contribution in [-0.2, 0) is 0 Å². The predicted octanol–water partition coefficient (Wildman–Crippen LogP) is 1.76. The summed E-state index contributed by atoms with van der Waals surface area (Å²) in [5.41, 5.74) is 5.45. The molecule has 0 aliphatic heterocycles. The Morgan fingerprint density at radius 3 is 2.64 bits per heavy atom. The van der Waals surface area contributed by atoms with Crippen molar-refractivity contribution in [3.63, 3.8) is 0 Å². The molecule has 0 aliphatic carbocycles. The maximum Gasteiger partial charge on any atom is 0.142 e. The van der Waals surface area contributed by atoms with Gasteiger partial charge in [-0.25, -0.2) is 4.39 Å². The smallest absolute Gasteiger partial charge is 0.142 e. The van der Waals surface area contributed by atoms with E-state index in [9.17, 15) is 4.39 Å². The van der Waals surface area contributed by atoms with Crippen LogP contribution < -0.4 is 5.73 Å². The van der Waals surface area contributed by atoms with Gasteiger partial charge in [0.1, 0.15) is 11.7 Å². The molecule has 0 unspecified atom stereocenters. The lowest BCUT2D eigenvalue weighted by atomic mass is 10.2. The Labute approximate surface area is 68.3 Å². The second-order valence-corrected chi connectivity index (χ2v) is 2.45. The van der Waals surface area contributed by atoms with Crippen molar-refractivity contribution >= 4 is 17.4 Å². The number of rotatable bonds is 1. The molecule has 0 spiro atoms. The maximum atomic E-state index is 12.7. The van der Waals surface area contributed by atoms with Crippen LogP contribution in [-0.4, -0.2) is 5.84 Å². The summed E-state index contributed by atoms with van der Waals surface area (Å²) in [4.78, 5) is 0. The number of nitrogens with two attached hydrogens (primary N) is 1. The van der Waals surface area contributed by atoms with E-state index < -0.39 is 5.82 Å². The van der Waals surface area contributed by atoms with Gasteiger partial charge >= 0.3 is 0 Å². The Kier molecular flexibility index (Phi) is 2.10. The first kappa shape index (κ1) is 8.01. The van der Waals surface area contributed by atoms with Crippen molar-refractivity contribution in [3.05, 3.63) is 34.6 Å². The van der Waals surface area contributed by atoms with Gasteiger partial charge in [0.2, 0.25) is 0 Å². The summed E-state index contributed by atoms with van der Waals surface area (Å²) >= 11 is 5.40. The first-order valence-corrected chi connectivity index (χ1v) is 3.28. The lowest BCUT2D eigenvalue weighted by Crippen LogP contribution is -2.10. The summed E-state index contributed by atoms with van der Waals surface area (Å²) in [6, 6.07) is 3.99. The van der Waals surface area contributed by atoms with Crippen LogP contribution >= 0.6 is 11.6 Å². The summed E-state index contributed by atoms with van der Waals surface area (Å²) in [7, 11) is 0. The Morgan fingerprint density at radius 1 is 1.55 bits per heavy atom. The second-order valence-electron chi connectivity index (χ2n) is 2.04. The molecule has 3 N–H and O–H groups in total. The number of hydrogen-bond donors (Lipinski definition) is 2. The van der Waals surface area contributed by atoms with E-state index in [4.69, 9.17) is 22.7 Å². The van der Waals surface area contributed by atoms with Crippen LogP contribution in [0.25, 0.3) is 0 Å². The van der Waals surface area contributed by atoms with E-state index in [0.717, 1.165) is 6.07 Å². The SMILES string of the molecule is N=C(N)c1ccc(Cl)c(F)c1. The Bertz CT molecular complexity index is 298. The molecule has 1 rings (SSSR count). The van der Waals surface area contributed by atoms with E-state index in [0.29, 0.717) is 5.56 Å². The molecule has 58 valence electrons. The van der Waals surface area contributed by atoms with Gasteiger partial charge in [-0.2, -0.15) is 0 Å². The van der Waals surface area contributed by atoms with E-state index in [1.807, 2.05) is 0 Å². The first-order chi connectivity index (χ1) is 5.11. The fourth-order valence-electron chi connectivity index (χ4n) is 0.664. The lowest BCUT2D eigenvalue weighted by molar-refractivity contribution is 0.628. The largest absolute Gasteiger partial charge is 0.384 e. The lowest BCUT2D eigenvalue weighted by Gasteiger charge is -1.98. The molecule has 11 heavy (non-hydrogen) atoms. The number of halogens is 2. The molecule has 1 aromatic rings. The minimum atomic E-state index is -0.556. The first-order valence-electron chi connectivity index (χ1n) is 2.90. The number of benzene rings is 1. The Morgan fingerprint density at radius 2 is 2.18 bits per heavy atom. The second kappa shape index (κ2) is 2.88. The highest BCUT2D eigenvalue weighted by Crippen LogP contribution is 2.14. The zero-order chi connectivity index (χ0) is 8.43. The van der Waals surface area contributed by atoms with Gasteiger partial charge in [0, 0.05) is 5.56 Å². The average Bonchev–Trinajstić information content (AvgIpc) is 1.94. The molecule has 0 aromatic heterocycles. The van der Waals surface area contributed by atoms with Gasteiger partial charge in [0.15, 0.2) is 0 Å². The molecule has 0 atom stereocenters. The van der Waals surface area contributed by atoms with E-state index in [2.05, 4.69) is 0 Å². The van der Waals surface area contributed by atoms with Crippen molar-refractivity contribution in [2.75, 3.05) is 0 Å². The van der Waals surface area contributed by atoms with Crippen molar-refractivity contribution in [3.8, 4) is 0 Å². The minimum absolute atomic E-state index is 0.0370. The van der Waals surface area contributed by atoms with Gasteiger partial charge < -0.3 is 5.73 Å². The molecule has 0 amide bonds. The number of nitrogen functional groups attached to an aromatic ring is 1. The summed E-state index contributed by atoms with van der Waals surface area (Å²) in [6.07, 6.45) is 0. The van der Waals surface area contributed by atoms with Crippen LogP contribution in [0.3, 0.4) is 0 Å².